The van der Waals surface area contributed by atoms with Crippen molar-refractivity contribution in [1.29, 1.82) is 0 Å². The van der Waals surface area contributed by atoms with Crippen molar-refractivity contribution in [2.75, 3.05) is 17.9 Å². The van der Waals surface area contributed by atoms with Crippen molar-refractivity contribution in [3.63, 3.8) is 0 Å². The zero-order valence-electron chi connectivity index (χ0n) is 12.8. The highest BCUT2D eigenvalue weighted by Crippen LogP contribution is 2.38. The lowest BCUT2D eigenvalue weighted by Gasteiger charge is -2.20. The molecule has 1 N–H and O–H groups in total. The van der Waals surface area contributed by atoms with Crippen LogP contribution in [0, 0.1) is 0 Å². The maximum absolute atomic E-state index is 12.7. The van der Waals surface area contributed by atoms with Gasteiger partial charge in [0.2, 0.25) is 0 Å². The molecule has 0 amide bonds. The Morgan fingerprint density at radius 3 is 2.46 bits per heavy atom. The number of ether oxygens (including phenoxy) is 2. The molecule has 2 aromatic rings. The van der Waals surface area contributed by atoms with Crippen molar-refractivity contribution in [1.82, 2.24) is 0 Å². The number of fused-ring (bicyclic) bond motifs is 2. The molecule has 1 aliphatic heterocycles. The van der Waals surface area contributed by atoms with E-state index in [-0.39, 0.29) is 15.6 Å². The van der Waals surface area contributed by atoms with Crippen molar-refractivity contribution in [2.45, 2.75) is 24.2 Å². The number of halogens is 1. The average molecular weight is 366 g/mol. The van der Waals surface area contributed by atoms with E-state index in [1.165, 1.54) is 5.56 Å². The minimum absolute atomic E-state index is 0.245. The number of aryl methyl sites for hydroxylation is 2. The molecule has 0 radical (unpaired) electrons. The number of benzene rings is 2. The van der Waals surface area contributed by atoms with Gasteiger partial charge < -0.3 is 9.47 Å². The summed E-state index contributed by atoms with van der Waals surface area (Å²) in [5.74, 6) is 1.00. The molecule has 2 aliphatic rings. The first-order valence-corrected chi connectivity index (χ1v) is 9.63. The molecule has 0 atom stereocenters. The summed E-state index contributed by atoms with van der Waals surface area (Å²) in [6, 6.07) is 8.40. The van der Waals surface area contributed by atoms with E-state index in [0.29, 0.717) is 24.7 Å². The second-order valence-electron chi connectivity index (χ2n) is 5.87. The molecular formula is C17H16ClNO4S. The summed E-state index contributed by atoms with van der Waals surface area (Å²) in [6.07, 6.45) is 3.00. The highest BCUT2D eigenvalue weighted by Gasteiger charge is 2.22. The van der Waals surface area contributed by atoms with Crippen LogP contribution in [0.2, 0.25) is 5.02 Å². The van der Waals surface area contributed by atoms with E-state index in [1.807, 2.05) is 6.07 Å². The van der Waals surface area contributed by atoms with E-state index in [1.54, 1.807) is 24.3 Å². The van der Waals surface area contributed by atoms with Crippen LogP contribution < -0.4 is 14.2 Å². The van der Waals surface area contributed by atoms with Gasteiger partial charge in [0, 0.05) is 12.1 Å². The summed E-state index contributed by atoms with van der Waals surface area (Å²) in [5.41, 5.74) is 2.61. The van der Waals surface area contributed by atoms with Crippen LogP contribution in [0.1, 0.15) is 17.5 Å². The predicted octanol–water partition coefficient (Wildman–Crippen LogP) is 3.40. The van der Waals surface area contributed by atoms with Gasteiger partial charge in [-0.1, -0.05) is 17.7 Å². The van der Waals surface area contributed by atoms with Crippen molar-refractivity contribution < 1.29 is 17.9 Å². The van der Waals surface area contributed by atoms with Gasteiger partial charge in [-0.2, -0.15) is 0 Å². The van der Waals surface area contributed by atoms with E-state index < -0.39 is 10.0 Å². The quantitative estimate of drug-likeness (QED) is 0.905. The minimum atomic E-state index is -3.71. The number of anilines is 1. The Morgan fingerprint density at radius 1 is 0.958 bits per heavy atom. The monoisotopic (exact) mass is 365 g/mol. The van der Waals surface area contributed by atoms with Gasteiger partial charge in [-0.05, 0) is 42.5 Å². The van der Waals surface area contributed by atoms with Gasteiger partial charge in [-0.25, -0.2) is 8.42 Å². The Labute approximate surface area is 145 Å². The van der Waals surface area contributed by atoms with Crippen LogP contribution >= 0.6 is 11.6 Å². The molecule has 7 heteroatoms. The summed E-state index contributed by atoms with van der Waals surface area (Å²) in [7, 11) is -3.71. The Balaban J connectivity index is 1.67. The van der Waals surface area contributed by atoms with E-state index in [0.717, 1.165) is 24.8 Å². The standard InChI is InChI=1S/C17H16ClNO4S/c18-14-9-16-17(23-7-6-22-16)10-15(14)19-24(20,21)13-5-4-11-2-1-3-12(11)8-13/h4-5,8-10,19H,1-3,6-7H2. The Hall–Kier alpha value is -1.92. The number of hydrogen-bond acceptors (Lipinski definition) is 4. The summed E-state index contributed by atoms with van der Waals surface area (Å²) in [6.45, 7) is 0.870. The van der Waals surface area contributed by atoms with Crippen LogP contribution in [0.4, 0.5) is 5.69 Å². The van der Waals surface area contributed by atoms with Crippen LogP contribution in [-0.2, 0) is 22.9 Å². The number of hydrogen-bond donors (Lipinski definition) is 1. The summed E-state index contributed by atoms with van der Waals surface area (Å²) in [5, 5.41) is 0.268. The van der Waals surface area contributed by atoms with Crippen LogP contribution in [0.3, 0.4) is 0 Å². The lowest BCUT2D eigenvalue weighted by Crippen LogP contribution is -2.17. The van der Waals surface area contributed by atoms with Gasteiger partial charge in [-0.15, -0.1) is 0 Å². The Kier molecular flexibility index (Phi) is 3.81. The molecule has 0 saturated carbocycles. The van der Waals surface area contributed by atoms with Crippen molar-refractivity contribution in [3.05, 3.63) is 46.5 Å². The number of sulfonamides is 1. The molecule has 1 heterocycles. The maximum Gasteiger partial charge on any atom is 0.261 e. The molecule has 4 rings (SSSR count). The first kappa shape index (κ1) is 15.6. The third-order valence-corrected chi connectivity index (χ3v) is 5.93. The molecule has 0 bridgehead atoms. The highest BCUT2D eigenvalue weighted by atomic mass is 35.5. The predicted molar refractivity (Wildman–Crippen MR) is 91.7 cm³/mol. The van der Waals surface area contributed by atoms with Crippen LogP contribution in [-0.4, -0.2) is 21.6 Å². The van der Waals surface area contributed by atoms with Gasteiger partial charge >= 0.3 is 0 Å². The summed E-state index contributed by atoms with van der Waals surface area (Å²) in [4.78, 5) is 0.245. The summed E-state index contributed by atoms with van der Waals surface area (Å²) >= 11 is 6.19. The van der Waals surface area contributed by atoms with Crippen LogP contribution in [0.5, 0.6) is 11.5 Å². The van der Waals surface area contributed by atoms with E-state index >= 15 is 0 Å². The molecule has 0 spiro atoms. The molecule has 24 heavy (non-hydrogen) atoms. The first-order valence-electron chi connectivity index (χ1n) is 7.77. The third-order valence-electron chi connectivity index (χ3n) is 4.26. The lowest BCUT2D eigenvalue weighted by molar-refractivity contribution is 0.171. The fraction of sp³-hybridized carbons (Fsp3) is 0.294. The van der Waals surface area contributed by atoms with E-state index in [2.05, 4.69) is 4.72 Å². The molecule has 0 aromatic heterocycles. The lowest BCUT2D eigenvalue weighted by atomic mass is 10.1. The van der Waals surface area contributed by atoms with Gasteiger partial charge in [-0.3, -0.25) is 4.72 Å². The maximum atomic E-state index is 12.7. The van der Waals surface area contributed by atoms with Crippen molar-refractivity contribution in [2.24, 2.45) is 0 Å². The fourth-order valence-corrected chi connectivity index (χ4v) is 4.44. The van der Waals surface area contributed by atoms with Gasteiger partial charge in [0.1, 0.15) is 13.2 Å². The highest BCUT2D eigenvalue weighted by molar-refractivity contribution is 7.92. The number of nitrogens with one attached hydrogen (secondary N) is 1. The van der Waals surface area contributed by atoms with Gasteiger partial charge in [0.25, 0.3) is 10.0 Å². The van der Waals surface area contributed by atoms with Gasteiger partial charge in [0.05, 0.1) is 15.6 Å². The van der Waals surface area contributed by atoms with Crippen LogP contribution in [0.15, 0.2) is 35.2 Å². The van der Waals surface area contributed by atoms with Crippen molar-refractivity contribution in [3.8, 4) is 11.5 Å². The van der Waals surface area contributed by atoms with E-state index in [9.17, 15) is 8.42 Å². The third kappa shape index (κ3) is 2.80. The van der Waals surface area contributed by atoms with Gasteiger partial charge in [0.15, 0.2) is 11.5 Å². The molecular weight excluding hydrogens is 350 g/mol. The van der Waals surface area contributed by atoms with Crippen molar-refractivity contribution >= 4 is 27.3 Å². The Morgan fingerprint density at radius 2 is 1.67 bits per heavy atom. The fourth-order valence-electron chi connectivity index (χ4n) is 3.06. The molecule has 2 aromatic carbocycles. The molecule has 0 fully saturated rings. The Bertz CT molecular complexity index is 911. The average Bonchev–Trinajstić information content (AvgIpc) is 3.03. The smallest absolute Gasteiger partial charge is 0.261 e. The normalized spacial score (nSPS) is 15.9. The molecule has 0 saturated heterocycles. The molecule has 5 nitrogen and oxygen atoms in total. The zero-order valence-corrected chi connectivity index (χ0v) is 14.4. The minimum Gasteiger partial charge on any atom is -0.486 e. The largest absolute Gasteiger partial charge is 0.486 e. The SMILES string of the molecule is O=S(=O)(Nc1cc2c(cc1Cl)OCCO2)c1ccc2c(c1)CCC2. The second-order valence-corrected chi connectivity index (χ2v) is 7.95. The first-order chi connectivity index (χ1) is 11.5. The zero-order chi connectivity index (χ0) is 16.7. The molecule has 126 valence electrons. The molecule has 0 unspecified atom stereocenters. The topological polar surface area (TPSA) is 64.6 Å². The number of rotatable bonds is 3. The molecule has 1 aliphatic carbocycles. The van der Waals surface area contributed by atoms with E-state index in [4.69, 9.17) is 21.1 Å². The summed E-state index contributed by atoms with van der Waals surface area (Å²) < 4.78 is 38.8. The second kappa shape index (κ2) is 5.86. The van der Waals surface area contributed by atoms with Crippen LogP contribution in [0.25, 0.3) is 0 Å².